The monoisotopic (exact) mass is 267 g/mol. The van der Waals surface area contributed by atoms with Gasteiger partial charge in [0.25, 0.3) is 0 Å². The zero-order valence-corrected chi connectivity index (χ0v) is 11.0. The Balaban J connectivity index is 2.73. The topological polar surface area (TPSA) is 87.7 Å². The summed E-state index contributed by atoms with van der Waals surface area (Å²) in [5.74, 6) is -0.871. The molecular formula is C13H18FN3O2. The van der Waals surface area contributed by atoms with Gasteiger partial charge >= 0.3 is 0 Å². The Bertz CT molecular complexity index is 489. The van der Waals surface area contributed by atoms with Crippen LogP contribution in [0.3, 0.4) is 0 Å². The molecule has 0 saturated heterocycles. The van der Waals surface area contributed by atoms with Crippen molar-refractivity contribution in [2.24, 2.45) is 16.8 Å². The summed E-state index contributed by atoms with van der Waals surface area (Å²) in [5, 5.41) is 14.0. The van der Waals surface area contributed by atoms with E-state index in [-0.39, 0.29) is 29.8 Å². The molecular weight excluding hydrogens is 249 g/mol. The van der Waals surface area contributed by atoms with E-state index in [0.29, 0.717) is 5.56 Å². The second-order valence-electron chi connectivity index (χ2n) is 4.32. The molecule has 19 heavy (non-hydrogen) atoms. The fourth-order valence-electron chi connectivity index (χ4n) is 1.45. The van der Waals surface area contributed by atoms with Gasteiger partial charge < -0.3 is 16.3 Å². The zero-order valence-electron chi connectivity index (χ0n) is 11.0. The standard InChI is InChI=1S/C13H18FN3O2/c1-3-8(2)13(18)16-7-10-5-4-9(6-11(10)14)12(15)17-19/h4-6,8,19H,3,7H2,1-2H3,(H2,15,17)(H,16,18). The molecule has 0 aromatic heterocycles. The molecule has 1 rings (SSSR count). The van der Waals surface area contributed by atoms with Gasteiger partial charge in [0.2, 0.25) is 5.91 Å². The number of hydrogen-bond acceptors (Lipinski definition) is 3. The molecule has 6 heteroatoms. The van der Waals surface area contributed by atoms with Crippen LogP contribution in [0.4, 0.5) is 4.39 Å². The van der Waals surface area contributed by atoms with Gasteiger partial charge in [0, 0.05) is 23.6 Å². The molecule has 1 aromatic carbocycles. The van der Waals surface area contributed by atoms with E-state index < -0.39 is 5.82 Å². The third-order valence-electron chi connectivity index (χ3n) is 2.97. The molecule has 0 aliphatic carbocycles. The second kappa shape index (κ2) is 6.72. The minimum Gasteiger partial charge on any atom is -0.409 e. The third-order valence-corrected chi connectivity index (χ3v) is 2.97. The molecule has 104 valence electrons. The van der Waals surface area contributed by atoms with Crippen molar-refractivity contribution in [2.45, 2.75) is 26.8 Å². The Morgan fingerprint density at radius 1 is 1.58 bits per heavy atom. The van der Waals surface area contributed by atoms with E-state index in [9.17, 15) is 9.18 Å². The number of halogens is 1. The van der Waals surface area contributed by atoms with E-state index in [4.69, 9.17) is 10.9 Å². The van der Waals surface area contributed by atoms with Crippen molar-refractivity contribution in [3.63, 3.8) is 0 Å². The number of nitrogens with zero attached hydrogens (tertiary/aromatic N) is 1. The van der Waals surface area contributed by atoms with Crippen LogP contribution in [0.25, 0.3) is 0 Å². The van der Waals surface area contributed by atoms with Crippen molar-refractivity contribution >= 4 is 11.7 Å². The molecule has 0 aliphatic heterocycles. The van der Waals surface area contributed by atoms with Crippen LogP contribution in [0.1, 0.15) is 31.4 Å². The summed E-state index contributed by atoms with van der Waals surface area (Å²) in [6, 6.07) is 4.20. The SMILES string of the molecule is CCC(C)C(=O)NCc1ccc(C(N)=NO)cc1F. The summed E-state index contributed by atoms with van der Waals surface area (Å²) in [5.41, 5.74) is 6.00. The molecule has 5 nitrogen and oxygen atoms in total. The summed E-state index contributed by atoms with van der Waals surface area (Å²) in [7, 11) is 0. The molecule has 0 fully saturated rings. The summed E-state index contributed by atoms with van der Waals surface area (Å²) >= 11 is 0. The predicted octanol–water partition coefficient (Wildman–Crippen LogP) is 1.58. The van der Waals surface area contributed by atoms with Crippen molar-refractivity contribution < 1.29 is 14.4 Å². The molecule has 0 radical (unpaired) electrons. The first kappa shape index (κ1) is 14.9. The number of rotatable bonds is 5. The van der Waals surface area contributed by atoms with Crippen molar-refractivity contribution in [3.8, 4) is 0 Å². The lowest BCUT2D eigenvalue weighted by Gasteiger charge is -2.11. The van der Waals surface area contributed by atoms with Crippen LogP contribution >= 0.6 is 0 Å². The van der Waals surface area contributed by atoms with Crippen LogP contribution in [-0.2, 0) is 11.3 Å². The van der Waals surface area contributed by atoms with Crippen molar-refractivity contribution in [3.05, 3.63) is 35.1 Å². The highest BCUT2D eigenvalue weighted by Gasteiger charge is 2.11. The lowest BCUT2D eigenvalue weighted by Crippen LogP contribution is -2.28. The van der Waals surface area contributed by atoms with Crippen LogP contribution in [0.5, 0.6) is 0 Å². The van der Waals surface area contributed by atoms with Crippen molar-refractivity contribution in [1.82, 2.24) is 5.32 Å². The molecule has 0 heterocycles. The van der Waals surface area contributed by atoms with Crippen LogP contribution in [0.15, 0.2) is 23.4 Å². The average molecular weight is 267 g/mol. The van der Waals surface area contributed by atoms with Gasteiger partial charge in [0.1, 0.15) is 5.82 Å². The minimum atomic E-state index is -0.506. The number of hydrogen-bond donors (Lipinski definition) is 3. The van der Waals surface area contributed by atoms with E-state index in [2.05, 4.69) is 10.5 Å². The van der Waals surface area contributed by atoms with E-state index in [1.54, 1.807) is 0 Å². The Morgan fingerprint density at radius 3 is 2.79 bits per heavy atom. The molecule has 1 amide bonds. The lowest BCUT2D eigenvalue weighted by molar-refractivity contribution is -0.124. The zero-order chi connectivity index (χ0) is 14.4. The molecule has 4 N–H and O–H groups in total. The Labute approximate surface area is 111 Å². The van der Waals surface area contributed by atoms with Crippen molar-refractivity contribution in [1.29, 1.82) is 0 Å². The van der Waals surface area contributed by atoms with E-state index in [1.165, 1.54) is 18.2 Å². The van der Waals surface area contributed by atoms with Gasteiger partial charge in [-0.2, -0.15) is 0 Å². The summed E-state index contributed by atoms with van der Waals surface area (Å²) in [4.78, 5) is 11.6. The summed E-state index contributed by atoms with van der Waals surface area (Å²) in [6.45, 7) is 3.84. The molecule has 1 aromatic rings. The number of amidine groups is 1. The van der Waals surface area contributed by atoms with Gasteiger partial charge in [-0.3, -0.25) is 4.79 Å². The quantitative estimate of drug-likeness (QED) is 0.327. The fourth-order valence-corrected chi connectivity index (χ4v) is 1.45. The molecule has 0 saturated carbocycles. The molecule has 0 spiro atoms. The highest BCUT2D eigenvalue weighted by molar-refractivity contribution is 5.97. The second-order valence-corrected chi connectivity index (χ2v) is 4.32. The van der Waals surface area contributed by atoms with Gasteiger partial charge in [-0.05, 0) is 12.5 Å². The van der Waals surface area contributed by atoms with E-state index in [0.717, 1.165) is 6.42 Å². The first-order chi connectivity index (χ1) is 8.99. The normalized spacial score (nSPS) is 13.1. The van der Waals surface area contributed by atoms with Crippen LogP contribution < -0.4 is 11.1 Å². The van der Waals surface area contributed by atoms with Gasteiger partial charge in [-0.15, -0.1) is 0 Å². The van der Waals surface area contributed by atoms with Crippen molar-refractivity contribution in [2.75, 3.05) is 0 Å². The van der Waals surface area contributed by atoms with E-state index in [1.807, 2.05) is 13.8 Å². The maximum atomic E-state index is 13.7. The highest BCUT2D eigenvalue weighted by Crippen LogP contribution is 2.11. The number of oxime groups is 1. The van der Waals surface area contributed by atoms with Gasteiger partial charge in [-0.25, -0.2) is 4.39 Å². The Morgan fingerprint density at radius 2 is 2.26 bits per heavy atom. The van der Waals surface area contributed by atoms with Gasteiger partial charge in [0.05, 0.1) is 0 Å². The van der Waals surface area contributed by atoms with Gasteiger partial charge in [-0.1, -0.05) is 31.1 Å². The third kappa shape index (κ3) is 3.94. The molecule has 0 bridgehead atoms. The summed E-state index contributed by atoms with van der Waals surface area (Å²) in [6.07, 6.45) is 0.733. The number of carbonyl (C=O) groups excluding carboxylic acids is 1. The number of amides is 1. The highest BCUT2D eigenvalue weighted by atomic mass is 19.1. The first-order valence-corrected chi connectivity index (χ1v) is 6.03. The number of benzene rings is 1. The fraction of sp³-hybridized carbons (Fsp3) is 0.385. The largest absolute Gasteiger partial charge is 0.409 e. The average Bonchev–Trinajstić information content (AvgIpc) is 2.43. The number of nitrogens with one attached hydrogen (secondary N) is 1. The van der Waals surface area contributed by atoms with Crippen LogP contribution in [-0.4, -0.2) is 17.0 Å². The van der Waals surface area contributed by atoms with Crippen LogP contribution in [0, 0.1) is 11.7 Å². The Hall–Kier alpha value is -2.11. The maximum absolute atomic E-state index is 13.7. The lowest BCUT2D eigenvalue weighted by atomic mass is 10.1. The minimum absolute atomic E-state index is 0.0977. The van der Waals surface area contributed by atoms with Gasteiger partial charge in [0.15, 0.2) is 5.84 Å². The maximum Gasteiger partial charge on any atom is 0.223 e. The smallest absolute Gasteiger partial charge is 0.223 e. The molecule has 0 aliphatic rings. The Kier molecular flexibility index (Phi) is 5.29. The number of nitrogens with two attached hydrogens (primary N) is 1. The van der Waals surface area contributed by atoms with E-state index >= 15 is 0 Å². The van der Waals surface area contributed by atoms with Crippen LogP contribution in [0.2, 0.25) is 0 Å². The molecule has 1 atom stereocenters. The predicted molar refractivity (Wildman–Crippen MR) is 70.2 cm³/mol. The summed E-state index contributed by atoms with van der Waals surface area (Å²) < 4.78 is 13.7. The molecule has 1 unspecified atom stereocenters. The first-order valence-electron chi connectivity index (χ1n) is 6.03. The number of carbonyl (C=O) groups is 1.